The summed E-state index contributed by atoms with van der Waals surface area (Å²) >= 11 is 5.84. The van der Waals surface area contributed by atoms with Crippen molar-refractivity contribution >= 4 is 34.3 Å². The summed E-state index contributed by atoms with van der Waals surface area (Å²) < 4.78 is 9.25. The number of hydrogen-bond donors (Lipinski definition) is 1. The fourth-order valence-corrected chi connectivity index (χ4v) is 4.71. The van der Waals surface area contributed by atoms with Crippen molar-refractivity contribution in [2.24, 2.45) is 0 Å². The Kier molecular flexibility index (Phi) is 7.50. The number of anilines is 1. The summed E-state index contributed by atoms with van der Waals surface area (Å²) in [5, 5.41) is 17.4. The number of thiocarbonyl (C=S) groups is 1. The van der Waals surface area contributed by atoms with Crippen LogP contribution in [-0.2, 0) is 5.41 Å². The SMILES string of the molecule is COc1cccc(NC(=S)C(=C([O-])c2cc(C)n(-c3ccccc3)c2C)[n+]2ccc(C(C)(C)C)cc2)c1. The quantitative estimate of drug-likeness (QED) is 0.154. The molecule has 0 saturated carbocycles. The molecule has 0 aliphatic heterocycles. The molecular formula is C31H33N3O2S. The molecule has 0 fully saturated rings. The molecule has 1 N–H and O–H groups in total. The number of aryl methyl sites for hydroxylation is 1. The third-order valence-corrected chi connectivity index (χ3v) is 6.70. The molecule has 0 atom stereocenters. The van der Waals surface area contributed by atoms with Crippen molar-refractivity contribution in [1.82, 2.24) is 4.57 Å². The second kappa shape index (κ2) is 10.6. The summed E-state index contributed by atoms with van der Waals surface area (Å²) in [6.45, 7) is 10.5. The highest BCUT2D eigenvalue weighted by atomic mass is 32.1. The van der Waals surface area contributed by atoms with Crippen LogP contribution in [0.4, 0.5) is 5.69 Å². The molecule has 2 aromatic carbocycles. The van der Waals surface area contributed by atoms with E-state index in [1.807, 2.05) is 104 Å². The predicted molar refractivity (Wildman–Crippen MR) is 153 cm³/mol. The molecule has 5 nitrogen and oxygen atoms in total. The summed E-state index contributed by atoms with van der Waals surface area (Å²) in [6, 6.07) is 23.5. The first-order valence-electron chi connectivity index (χ1n) is 12.2. The Labute approximate surface area is 224 Å². The number of nitrogens with zero attached hydrogens (tertiary/aromatic N) is 2. The highest BCUT2D eigenvalue weighted by molar-refractivity contribution is 7.81. The first-order chi connectivity index (χ1) is 17.6. The van der Waals surface area contributed by atoms with Gasteiger partial charge in [-0.15, -0.1) is 0 Å². The van der Waals surface area contributed by atoms with E-state index in [1.165, 1.54) is 5.56 Å². The highest BCUT2D eigenvalue weighted by Gasteiger charge is 2.23. The van der Waals surface area contributed by atoms with E-state index in [4.69, 9.17) is 17.0 Å². The van der Waals surface area contributed by atoms with Crippen molar-refractivity contribution in [3.63, 3.8) is 0 Å². The zero-order valence-electron chi connectivity index (χ0n) is 22.2. The molecule has 0 aliphatic rings. The lowest BCUT2D eigenvalue weighted by Crippen LogP contribution is -2.40. The van der Waals surface area contributed by atoms with E-state index in [1.54, 1.807) is 7.11 Å². The van der Waals surface area contributed by atoms with Crippen molar-refractivity contribution < 1.29 is 14.4 Å². The van der Waals surface area contributed by atoms with Crippen molar-refractivity contribution in [2.75, 3.05) is 12.4 Å². The molecule has 4 rings (SSSR count). The number of methoxy groups -OCH3 is 1. The molecule has 0 saturated heterocycles. The zero-order chi connectivity index (χ0) is 26.7. The topological polar surface area (TPSA) is 53.1 Å². The van der Waals surface area contributed by atoms with Gasteiger partial charge >= 0.3 is 0 Å². The molecule has 0 spiro atoms. The highest BCUT2D eigenvalue weighted by Crippen LogP contribution is 2.27. The predicted octanol–water partition coefficient (Wildman–Crippen LogP) is 5.81. The van der Waals surface area contributed by atoms with E-state index in [0.717, 1.165) is 22.8 Å². The molecule has 2 heterocycles. The molecule has 6 heteroatoms. The standard InChI is InChI=1S/C31H33N3O2S/c1-21-19-27(22(2)34(21)25-12-8-7-9-13-25)29(35)28(33-17-15-23(16-18-33)31(3,4)5)30(37)32-24-11-10-14-26(20-24)36-6/h7-20H,1-6H3,(H-,32,35,37). The summed E-state index contributed by atoms with van der Waals surface area (Å²) in [7, 11) is 1.62. The molecule has 37 heavy (non-hydrogen) atoms. The lowest BCUT2D eigenvalue weighted by molar-refractivity contribution is -0.577. The third-order valence-electron chi connectivity index (χ3n) is 6.40. The molecule has 0 bridgehead atoms. The Hall–Kier alpha value is -3.90. The number of ether oxygens (including phenoxy) is 1. The van der Waals surface area contributed by atoms with E-state index in [2.05, 4.69) is 30.7 Å². The van der Waals surface area contributed by atoms with Gasteiger partial charge in [0, 0.05) is 41.0 Å². The van der Waals surface area contributed by atoms with Gasteiger partial charge in [0.15, 0.2) is 17.4 Å². The molecule has 0 amide bonds. The Morgan fingerprint density at radius 2 is 1.62 bits per heavy atom. The van der Waals surface area contributed by atoms with Gasteiger partial charge in [0.1, 0.15) is 5.75 Å². The van der Waals surface area contributed by atoms with Crippen molar-refractivity contribution in [2.45, 2.75) is 40.0 Å². The molecule has 2 aromatic heterocycles. The number of para-hydroxylation sites is 1. The molecule has 0 radical (unpaired) electrons. The lowest BCUT2D eigenvalue weighted by Gasteiger charge is -2.20. The minimum absolute atomic E-state index is 0.0107. The first-order valence-corrected chi connectivity index (χ1v) is 12.6. The minimum atomic E-state index is -0.149. The van der Waals surface area contributed by atoms with E-state index >= 15 is 0 Å². The van der Waals surface area contributed by atoms with Gasteiger partial charge in [-0.05, 0) is 66.5 Å². The molecule has 4 aromatic rings. The van der Waals surface area contributed by atoms with E-state index in [-0.39, 0.29) is 11.2 Å². The van der Waals surface area contributed by atoms with Crippen molar-refractivity contribution in [3.05, 3.63) is 108 Å². The number of hydrogen-bond acceptors (Lipinski definition) is 3. The maximum atomic E-state index is 14.2. The van der Waals surface area contributed by atoms with Crippen molar-refractivity contribution in [1.29, 1.82) is 0 Å². The number of nitrogens with one attached hydrogen (secondary N) is 1. The smallest absolute Gasteiger partial charge is 0.238 e. The van der Waals surface area contributed by atoms with Crippen LogP contribution < -0.4 is 19.7 Å². The van der Waals surface area contributed by atoms with Gasteiger partial charge < -0.3 is 19.7 Å². The Morgan fingerprint density at radius 3 is 2.24 bits per heavy atom. The average molecular weight is 512 g/mol. The van der Waals surface area contributed by atoms with Gasteiger partial charge in [-0.1, -0.05) is 57.3 Å². The van der Waals surface area contributed by atoms with Crippen LogP contribution in [0.25, 0.3) is 17.1 Å². The summed E-state index contributed by atoms with van der Waals surface area (Å²) in [5.74, 6) is 0.554. The zero-order valence-corrected chi connectivity index (χ0v) is 23.0. The largest absolute Gasteiger partial charge is 0.867 e. The monoisotopic (exact) mass is 511 g/mol. The average Bonchev–Trinajstić information content (AvgIpc) is 3.18. The summed E-state index contributed by atoms with van der Waals surface area (Å²) in [4.78, 5) is 0.330. The molecular weight excluding hydrogens is 478 g/mol. The molecule has 0 unspecified atom stereocenters. The maximum Gasteiger partial charge on any atom is 0.238 e. The van der Waals surface area contributed by atoms with Crippen LogP contribution in [0.3, 0.4) is 0 Å². The van der Waals surface area contributed by atoms with E-state index in [9.17, 15) is 5.11 Å². The minimum Gasteiger partial charge on any atom is -0.867 e. The van der Waals surface area contributed by atoms with Crippen molar-refractivity contribution in [3.8, 4) is 11.4 Å². The molecule has 0 aliphatic carbocycles. The summed E-state index contributed by atoms with van der Waals surface area (Å²) in [6.07, 6.45) is 3.81. The Bertz CT molecular complexity index is 1450. The number of pyridine rings is 1. The number of rotatable bonds is 6. The van der Waals surface area contributed by atoms with Gasteiger partial charge in [0.25, 0.3) is 0 Å². The third kappa shape index (κ3) is 5.59. The van der Waals surface area contributed by atoms with Crippen LogP contribution in [0.15, 0.2) is 85.2 Å². The second-order valence-electron chi connectivity index (χ2n) is 10.1. The fourth-order valence-electron chi connectivity index (χ4n) is 4.40. The van der Waals surface area contributed by atoms with Gasteiger partial charge in [-0.2, -0.15) is 4.57 Å². The van der Waals surface area contributed by atoms with Gasteiger partial charge in [0.2, 0.25) is 5.70 Å². The van der Waals surface area contributed by atoms with Crippen LogP contribution >= 0.6 is 12.2 Å². The normalized spacial score (nSPS) is 12.2. The van der Waals surface area contributed by atoms with E-state index < -0.39 is 0 Å². The number of aromatic nitrogens is 2. The first kappa shape index (κ1) is 26.2. The van der Waals surface area contributed by atoms with E-state index in [0.29, 0.717) is 22.0 Å². The molecule has 190 valence electrons. The Morgan fingerprint density at radius 1 is 0.946 bits per heavy atom. The van der Waals surface area contributed by atoms with Gasteiger partial charge in [0.05, 0.1) is 7.11 Å². The second-order valence-corrected chi connectivity index (χ2v) is 10.5. The van der Waals surface area contributed by atoms with Crippen LogP contribution in [0, 0.1) is 13.8 Å². The van der Waals surface area contributed by atoms with Crippen LogP contribution in [0.5, 0.6) is 5.75 Å². The maximum absolute atomic E-state index is 14.2. The van der Waals surface area contributed by atoms with Crippen LogP contribution in [0.2, 0.25) is 0 Å². The van der Waals surface area contributed by atoms with Crippen LogP contribution in [-0.4, -0.2) is 16.7 Å². The fraction of sp³-hybridized carbons (Fsp3) is 0.226. The van der Waals surface area contributed by atoms with Gasteiger partial charge in [-0.25, -0.2) is 0 Å². The Balaban J connectivity index is 1.85. The van der Waals surface area contributed by atoms with Crippen LogP contribution in [0.1, 0.15) is 43.3 Å². The lowest BCUT2D eigenvalue weighted by atomic mass is 9.88. The van der Waals surface area contributed by atoms with Gasteiger partial charge in [-0.3, -0.25) is 0 Å². The summed E-state index contributed by atoms with van der Waals surface area (Å²) in [5.41, 5.74) is 5.75. The number of benzene rings is 2.